The minimum absolute atomic E-state index is 0. The van der Waals surface area contributed by atoms with E-state index in [1.165, 1.54) is 18.4 Å². The van der Waals surface area contributed by atoms with E-state index in [0.29, 0.717) is 12.5 Å². The highest BCUT2D eigenvalue weighted by Crippen LogP contribution is 2.25. The van der Waals surface area contributed by atoms with E-state index < -0.39 is 0 Å². The maximum absolute atomic E-state index is 5.80. The number of nitrogens with zero attached hydrogens (tertiary/aromatic N) is 2. The van der Waals surface area contributed by atoms with Crippen LogP contribution in [0.3, 0.4) is 0 Å². The lowest BCUT2D eigenvalue weighted by atomic mass is 10.2. The molecular formula is C20H35IN4O. The summed E-state index contributed by atoms with van der Waals surface area (Å²) in [4.78, 5) is 6.85. The van der Waals surface area contributed by atoms with Crippen LogP contribution in [0.1, 0.15) is 32.3 Å². The summed E-state index contributed by atoms with van der Waals surface area (Å²) in [7, 11) is 1.82. The van der Waals surface area contributed by atoms with Crippen molar-refractivity contribution in [2.75, 3.05) is 39.8 Å². The van der Waals surface area contributed by atoms with E-state index in [9.17, 15) is 0 Å². The summed E-state index contributed by atoms with van der Waals surface area (Å²) in [6.07, 6.45) is 2.72. The van der Waals surface area contributed by atoms with Crippen LogP contribution in [-0.2, 0) is 11.3 Å². The smallest absolute Gasteiger partial charge is 0.191 e. The molecule has 1 atom stereocenters. The average Bonchev–Trinajstić information content (AvgIpc) is 3.47. The second-order valence-corrected chi connectivity index (χ2v) is 6.85. The molecule has 1 fully saturated rings. The topological polar surface area (TPSA) is 48.9 Å². The van der Waals surface area contributed by atoms with E-state index in [-0.39, 0.29) is 24.0 Å². The summed E-state index contributed by atoms with van der Waals surface area (Å²) in [6.45, 7) is 9.85. The van der Waals surface area contributed by atoms with Gasteiger partial charge >= 0.3 is 0 Å². The molecule has 0 bridgehead atoms. The van der Waals surface area contributed by atoms with Crippen LogP contribution < -0.4 is 10.6 Å². The second-order valence-electron chi connectivity index (χ2n) is 6.85. The van der Waals surface area contributed by atoms with Crippen molar-refractivity contribution in [2.45, 2.75) is 39.3 Å². The van der Waals surface area contributed by atoms with Gasteiger partial charge in [-0.15, -0.1) is 24.0 Å². The first kappa shape index (κ1) is 23.2. The summed E-state index contributed by atoms with van der Waals surface area (Å²) < 4.78 is 5.80. The van der Waals surface area contributed by atoms with Crippen LogP contribution in [0, 0.1) is 5.92 Å². The molecule has 2 N–H and O–H groups in total. The van der Waals surface area contributed by atoms with Gasteiger partial charge in [-0.1, -0.05) is 44.2 Å². The predicted octanol–water partition coefficient (Wildman–Crippen LogP) is 3.11. The zero-order valence-corrected chi connectivity index (χ0v) is 18.7. The van der Waals surface area contributed by atoms with Crippen LogP contribution in [-0.4, -0.2) is 56.7 Å². The largest absolute Gasteiger partial charge is 0.376 e. The third kappa shape index (κ3) is 9.19. The number of rotatable bonds is 11. The fourth-order valence-corrected chi connectivity index (χ4v) is 2.86. The number of nitrogens with one attached hydrogen (secondary N) is 2. The molecule has 1 aromatic rings. The van der Waals surface area contributed by atoms with E-state index in [1.54, 1.807) is 0 Å². The average molecular weight is 474 g/mol. The molecule has 1 unspecified atom stereocenters. The van der Waals surface area contributed by atoms with Gasteiger partial charge in [0.15, 0.2) is 5.96 Å². The third-order valence-electron chi connectivity index (χ3n) is 4.52. The van der Waals surface area contributed by atoms with Gasteiger partial charge in [-0.05, 0) is 30.9 Å². The summed E-state index contributed by atoms with van der Waals surface area (Å²) in [5, 5.41) is 6.81. The minimum atomic E-state index is 0. The van der Waals surface area contributed by atoms with Gasteiger partial charge in [-0.2, -0.15) is 0 Å². The molecule has 0 heterocycles. The quantitative estimate of drug-likeness (QED) is 0.294. The first-order chi connectivity index (χ1) is 12.2. The van der Waals surface area contributed by atoms with Gasteiger partial charge < -0.3 is 15.4 Å². The Labute approximate surface area is 176 Å². The Morgan fingerprint density at radius 3 is 2.62 bits per heavy atom. The number of aliphatic imine (C=N–C) groups is 1. The van der Waals surface area contributed by atoms with Crippen molar-refractivity contribution >= 4 is 29.9 Å². The van der Waals surface area contributed by atoms with Crippen LogP contribution in [0.4, 0.5) is 0 Å². The molecule has 148 valence electrons. The highest BCUT2D eigenvalue weighted by molar-refractivity contribution is 14.0. The van der Waals surface area contributed by atoms with E-state index in [4.69, 9.17) is 4.74 Å². The van der Waals surface area contributed by atoms with Gasteiger partial charge in [0.25, 0.3) is 0 Å². The van der Waals surface area contributed by atoms with Crippen LogP contribution in [0.25, 0.3) is 0 Å². The molecule has 0 radical (unpaired) electrons. The molecule has 2 rings (SSSR count). The second kappa shape index (κ2) is 13.3. The van der Waals surface area contributed by atoms with Crippen LogP contribution in [0.5, 0.6) is 0 Å². The van der Waals surface area contributed by atoms with E-state index in [0.717, 1.165) is 44.8 Å². The molecule has 1 aliphatic carbocycles. The third-order valence-corrected chi connectivity index (χ3v) is 4.52. The van der Waals surface area contributed by atoms with Gasteiger partial charge in [0.1, 0.15) is 0 Å². The number of benzene rings is 1. The summed E-state index contributed by atoms with van der Waals surface area (Å²) in [5.41, 5.74) is 1.22. The molecule has 1 saturated carbocycles. The Morgan fingerprint density at radius 2 is 2.00 bits per heavy atom. The number of likely N-dealkylation sites (N-methyl/N-ethyl adjacent to an activating group) is 1. The molecular weight excluding hydrogens is 439 g/mol. The molecule has 1 aliphatic rings. The number of ether oxygens (including phenoxy) is 1. The van der Waals surface area contributed by atoms with Crippen LogP contribution in [0.2, 0.25) is 0 Å². The monoisotopic (exact) mass is 474 g/mol. The zero-order chi connectivity index (χ0) is 17.9. The lowest BCUT2D eigenvalue weighted by molar-refractivity contribution is 0.0931. The van der Waals surface area contributed by atoms with E-state index in [1.807, 2.05) is 25.2 Å². The Bertz CT molecular complexity index is 508. The number of hydrogen-bond acceptors (Lipinski definition) is 3. The lowest BCUT2D eigenvalue weighted by Crippen LogP contribution is -2.43. The molecule has 1 aromatic carbocycles. The van der Waals surface area contributed by atoms with Crippen molar-refractivity contribution in [3.05, 3.63) is 35.9 Å². The van der Waals surface area contributed by atoms with Gasteiger partial charge in [-0.25, -0.2) is 0 Å². The zero-order valence-electron chi connectivity index (χ0n) is 16.4. The number of halogens is 1. The Balaban J connectivity index is 0.00000338. The Kier molecular flexibility index (Phi) is 11.9. The van der Waals surface area contributed by atoms with E-state index >= 15 is 0 Å². The predicted molar refractivity (Wildman–Crippen MR) is 120 cm³/mol. The SMILES string of the molecule is CCN(CCNC(=NC)NCC(C)COCc1ccccc1)C1CC1.I. The Hall–Kier alpha value is -0.860. The molecule has 0 aromatic heterocycles. The van der Waals surface area contributed by atoms with Gasteiger partial charge in [0.2, 0.25) is 0 Å². The van der Waals surface area contributed by atoms with Crippen molar-refractivity contribution in [3.63, 3.8) is 0 Å². The van der Waals surface area contributed by atoms with Gasteiger partial charge in [-0.3, -0.25) is 9.89 Å². The first-order valence-electron chi connectivity index (χ1n) is 9.53. The summed E-state index contributed by atoms with van der Waals surface area (Å²) in [6, 6.07) is 11.1. The normalized spacial score (nSPS) is 15.5. The molecule has 26 heavy (non-hydrogen) atoms. The van der Waals surface area contributed by atoms with Crippen LogP contribution in [0.15, 0.2) is 35.3 Å². The lowest BCUT2D eigenvalue weighted by Gasteiger charge is -2.21. The molecule has 0 aliphatic heterocycles. The molecule has 0 saturated heterocycles. The van der Waals surface area contributed by atoms with Crippen molar-refractivity contribution in [1.82, 2.24) is 15.5 Å². The molecule has 0 spiro atoms. The van der Waals surface area contributed by atoms with Crippen molar-refractivity contribution in [1.29, 1.82) is 0 Å². The minimum Gasteiger partial charge on any atom is -0.376 e. The van der Waals surface area contributed by atoms with Gasteiger partial charge in [0.05, 0.1) is 13.2 Å². The first-order valence-corrected chi connectivity index (χ1v) is 9.53. The molecule has 6 heteroatoms. The maximum Gasteiger partial charge on any atom is 0.191 e. The van der Waals surface area contributed by atoms with E-state index in [2.05, 4.69) is 46.5 Å². The molecule has 0 amide bonds. The van der Waals surface area contributed by atoms with Crippen LogP contribution >= 0.6 is 24.0 Å². The van der Waals surface area contributed by atoms with Crippen molar-refractivity contribution in [3.8, 4) is 0 Å². The van der Waals surface area contributed by atoms with Crippen molar-refractivity contribution in [2.24, 2.45) is 10.9 Å². The molecule has 5 nitrogen and oxygen atoms in total. The summed E-state index contributed by atoms with van der Waals surface area (Å²) in [5.74, 6) is 1.31. The van der Waals surface area contributed by atoms with Gasteiger partial charge in [0, 0.05) is 32.7 Å². The number of guanidine groups is 1. The Morgan fingerprint density at radius 1 is 1.27 bits per heavy atom. The number of hydrogen-bond donors (Lipinski definition) is 2. The highest BCUT2D eigenvalue weighted by Gasteiger charge is 2.27. The van der Waals surface area contributed by atoms with Crippen molar-refractivity contribution < 1.29 is 4.74 Å². The standard InChI is InChI=1S/C20H34N4O.HI/c1-4-24(19-10-11-19)13-12-22-20(21-3)23-14-17(2)15-25-16-18-8-6-5-7-9-18;/h5-9,17,19H,4,10-16H2,1-3H3,(H2,21,22,23);1H. The maximum atomic E-state index is 5.80. The summed E-state index contributed by atoms with van der Waals surface area (Å²) >= 11 is 0. The fourth-order valence-electron chi connectivity index (χ4n) is 2.86. The highest BCUT2D eigenvalue weighted by atomic mass is 127. The fraction of sp³-hybridized carbons (Fsp3) is 0.650.